The third-order valence-corrected chi connectivity index (χ3v) is 4.52. The van der Waals surface area contributed by atoms with Crippen molar-refractivity contribution >= 4 is 5.82 Å². The van der Waals surface area contributed by atoms with E-state index in [1.165, 1.54) is 19.3 Å². The fourth-order valence-electron chi connectivity index (χ4n) is 3.46. The topological polar surface area (TPSA) is 64.8 Å². The lowest BCUT2D eigenvalue weighted by atomic mass is 9.82. The minimum atomic E-state index is 0.412. The van der Waals surface area contributed by atoms with Crippen molar-refractivity contribution in [2.45, 2.75) is 50.2 Å². The van der Waals surface area contributed by atoms with E-state index in [0.717, 1.165) is 12.8 Å². The molecular weight excluding hydrogens is 238 g/mol. The summed E-state index contributed by atoms with van der Waals surface area (Å²) in [6.07, 6.45) is 7.75. The van der Waals surface area contributed by atoms with Crippen molar-refractivity contribution in [1.29, 1.82) is 5.26 Å². The van der Waals surface area contributed by atoms with E-state index in [4.69, 9.17) is 5.26 Å². The molecule has 19 heavy (non-hydrogen) atoms. The Balaban J connectivity index is 1.73. The maximum Gasteiger partial charge on any atom is 0.166 e. The molecule has 2 unspecified atom stereocenters. The molecule has 0 radical (unpaired) electrons. The van der Waals surface area contributed by atoms with Crippen LogP contribution >= 0.6 is 0 Å². The first kappa shape index (κ1) is 12.4. The highest BCUT2D eigenvalue weighted by Crippen LogP contribution is 2.33. The van der Waals surface area contributed by atoms with Crippen LogP contribution in [0.2, 0.25) is 0 Å². The maximum atomic E-state index is 9.09. The fraction of sp³-hybridized carbons (Fsp3) is 0.643. The number of nitrogens with zero attached hydrogens (tertiary/aromatic N) is 4. The number of fused-ring (bicyclic) bond motifs is 2. The summed E-state index contributed by atoms with van der Waals surface area (Å²) in [7, 11) is 2.24. The first-order valence-electron chi connectivity index (χ1n) is 6.98. The Hall–Kier alpha value is -1.67. The summed E-state index contributed by atoms with van der Waals surface area (Å²) in [5, 5.41) is 20.4. The molecule has 2 fully saturated rings. The highest BCUT2D eigenvalue weighted by molar-refractivity contribution is 5.50. The highest BCUT2D eigenvalue weighted by atomic mass is 15.2. The van der Waals surface area contributed by atoms with Crippen LogP contribution in [0.15, 0.2) is 12.3 Å². The van der Waals surface area contributed by atoms with Gasteiger partial charge in [0, 0.05) is 18.1 Å². The normalized spacial score (nSPS) is 30.6. The molecule has 1 aromatic rings. The van der Waals surface area contributed by atoms with E-state index in [9.17, 15) is 0 Å². The Morgan fingerprint density at radius 2 is 2.11 bits per heavy atom. The van der Waals surface area contributed by atoms with Crippen LogP contribution in [0.5, 0.6) is 0 Å². The lowest BCUT2D eigenvalue weighted by Gasteiger charge is -2.47. The fourth-order valence-corrected chi connectivity index (χ4v) is 3.46. The third-order valence-electron chi connectivity index (χ3n) is 4.52. The Kier molecular flexibility index (Phi) is 3.34. The van der Waals surface area contributed by atoms with Crippen molar-refractivity contribution in [1.82, 2.24) is 15.1 Å². The SMILES string of the molecule is CN1C2CCCC1CC(Nc1nnccc1C#N)C2. The molecule has 2 atom stereocenters. The van der Waals surface area contributed by atoms with Crippen molar-refractivity contribution in [2.24, 2.45) is 0 Å². The summed E-state index contributed by atoms with van der Waals surface area (Å²) in [5.41, 5.74) is 0.582. The Morgan fingerprint density at radius 1 is 1.37 bits per heavy atom. The number of aromatic nitrogens is 2. The number of hydrogen-bond acceptors (Lipinski definition) is 5. The Labute approximate surface area is 113 Å². The van der Waals surface area contributed by atoms with Gasteiger partial charge >= 0.3 is 0 Å². The van der Waals surface area contributed by atoms with Crippen LogP contribution in [0.25, 0.3) is 0 Å². The smallest absolute Gasteiger partial charge is 0.166 e. The second-order valence-electron chi connectivity index (χ2n) is 5.62. The zero-order chi connectivity index (χ0) is 13.2. The van der Waals surface area contributed by atoms with Crippen LogP contribution < -0.4 is 5.32 Å². The molecule has 1 aromatic heterocycles. The monoisotopic (exact) mass is 257 g/mol. The lowest BCUT2D eigenvalue weighted by Crippen LogP contribution is -2.52. The van der Waals surface area contributed by atoms with Gasteiger partial charge in [-0.2, -0.15) is 10.4 Å². The number of nitrogens with one attached hydrogen (secondary N) is 1. The van der Waals surface area contributed by atoms with E-state index in [1.54, 1.807) is 12.3 Å². The molecule has 0 aromatic carbocycles. The average molecular weight is 257 g/mol. The third kappa shape index (κ3) is 2.41. The molecule has 2 aliphatic heterocycles. The summed E-state index contributed by atoms with van der Waals surface area (Å²) < 4.78 is 0. The summed E-state index contributed by atoms with van der Waals surface area (Å²) in [4.78, 5) is 2.53. The van der Waals surface area contributed by atoms with E-state index < -0.39 is 0 Å². The average Bonchev–Trinajstić information content (AvgIpc) is 2.40. The molecule has 0 saturated carbocycles. The van der Waals surface area contributed by atoms with Gasteiger partial charge in [-0.3, -0.25) is 0 Å². The minimum Gasteiger partial charge on any atom is -0.365 e. The molecule has 5 heteroatoms. The molecule has 2 saturated heterocycles. The minimum absolute atomic E-state index is 0.412. The standard InChI is InChI=1S/C14H19N5/c1-19-12-3-2-4-13(19)8-11(7-12)17-14-10(9-15)5-6-16-18-14/h5-6,11-13H,2-4,7-8H2,1H3,(H,17,18). The van der Waals surface area contributed by atoms with Crippen LogP contribution in [0, 0.1) is 11.3 Å². The number of piperidine rings is 2. The van der Waals surface area contributed by atoms with Gasteiger partial charge in [-0.05, 0) is 38.8 Å². The van der Waals surface area contributed by atoms with Gasteiger partial charge in [0.1, 0.15) is 6.07 Å². The lowest BCUT2D eigenvalue weighted by molar-refractivity contribution is 0.0607. The van der Waals surface area contributed by atoms with Crippen LogP contribution in [-0.2, 0) is 0 Å². The van der Waals surface area contributed by atoms with Crippen molar-refractivity contribution in [3.8, 4) is 6.07 Å². The van der Waals surface area contributed by atoms with Crippen LogP contribution in [0.4, 0.5) is 5.82 Å². The van der Waals surface area contributed by atoms with Gasteiger partial charge in [0.25, 0.3) is 0 Å². The number of anilines is 1. The second-order valence-corrected chi connectivity index (χ2v) is 5.62. The largest absolute Gasteiger partial charge is 0.365 e. The molecule has 3 rings (SSSR count). The summed E-state index contributed by atoms with van der Waals surface area (Å²) in [5.74, 6) is 0.637. The maximum absolute atomic E-state index is 9.09. The van der Waals surface area contributed by atoms with E-state index in [0.29, 0.717) is 29.5 Å². The number of rotatable bonds is 2. The Morgan fingerprint density at radius 3 is 2.79 bits per heavy atom. The molecule has 0 spiro atoms. The molecule has 5 nitrogen and oxygen atoms in total. The quantitative estimate of drug-likeness (QED) is 0.874. The molecule has 0 amide bonds. The van der Waals surface area contributed by atoms with E-state index in [-0.39, 0.29) is 0 Å². The van der Waals surface area contributed by atoms with Gasteiger partial charge in [-0.15, -0.1) is 5.10 Å². The van der Waals surface area contributed by atoms with Gasteiger partial charge in [0.15, 0.2) is 5.82 Å². The highest BCUT2D eigenvalue weighted by Gasteiger charge is 2.36. The van der Waals surface area contributed by atoms with E-state index in [2.05, 4.69) is 33.5 Å². The molecule has 2 aliphatic rings. The zero-order valence-electron chi connectivity index (χ0n) is 11.2. The van der Waals surface area contributed by atoms with Gasteiger partial charge in [0.05, 0.1) is 11.8 Å². The Bertz CT molecular complexity index is 481. The van der Waals surface area contributed by atoms with Crippen molar-refractivity contribution in [3.63, 3.8) is 0 Å². The number of hydrogen-bond donors (Lipinski definition) is 1. The van der Waals surface area contributed by atoms with E-state index >= 15 is 0 Å². The summed E-state index contributed by atoms with van der Waals surface area (Å²) >= 11 is 0. The van der Waals surface area contributed by atoms with E-state index in [1.807, 2.05) is 0 Å². The molecular formula is C14H19N5. The van der Waals surface area contributed by atoms with Gasteiger partial charge in [-0.25, -0.2) is 0 Å². The molecule has 3 heterocycles. The molecule has 100 valence electrons. The number of nitriles is 1. The summed E-state index contributed by atoms with van der Waals surface area (Å²) in [6, 6.07) is 5.64. The van der Waals surface area contributed by atoms with Crippen LogP contribution in [-0.4, -0.2) is 40.3 Å². The van der Waals surface area contributed by atoms with Crippen LogP contribution in [0.3, 0.4) is 0 Å². The summed E-state index contributed by atoms with van der Waals surface area (Å²) in [6.45, 7) is 0. The van der Waals surface area contributed by atoms with Crippen molar-refractivity contribution in [2.75, 3.05) is 12.4 Å². The van der Waals surface area contributed by atoms with Gasteiger partial charge in [0.2, 0.25) is 0 Å². The predicted molar refractivity (Wildman–Crippen MR) is 72.6 cm³/mol. The van der Waals surface area contributed by atoms with Crippen LogP contribution in [0.1, 0.15) is 37.7 Å². The van der Waals surface area contributed by atoms with Gasteiger partial charge in [-0.1, -0.05) is 6.42 Å². The van der Waals surface area contributed by atoms with Gasteiger partial charge < -0.3 is 10.2 Å². The van der Waals surface area contributed by atoms with Crippen molar-refractivity contribution < 1.29 is 0 Å². The van der Waals surface area contributed by atoms with Crippen molar-refractivity contribution in [3.05, 3.63) is 17.8 Å². The molecule has 2 bridgehead atoms. The predicted octanol–water partition coefficient (Wildman–Crippen LogP) is 1.78. The molecule has 1 N–H and O–H groups in total. The first-order chi connectivity index (χ1) is 9.28. The second kappa shape index (κ2) is 5.14. The molecule has 0 aliphatic carbocycles. The zero-order valence-corrected chi connectivity index (χ0v) is 11.2. The first-order valence-corrected chi connectivity index (χ1v) is 6.98.